The molecule has 1 aliphatic heterocycles. The minimum atomic E-state index is -0.380. The number of allylic oxidation sites excluding steroid dienone is 3. The summed E-state index contributed by atoms with van der Waals surface area (Å²) >= 11 is 0. The molecule has 2 aliphatic carbocycles. The van der Waals surface area contributed by atoms with Crippen molar-refractivity contribution in [2.24, 2.45) is 23.7 Å². The molecule has 1 saturated heterocycles. The van der Waals surface area contributed by atoms with Crippen molar-refractivity contribution in [3.05, 3.63) is 114 Å². The Bertz CT molecular complexity index is 1270. The zero-order valence-corrected chi connectivity index (χ0v) is 19.6. The number of benzene rings is 3. The van der Waals surface area contributed by atoms with Gasteiger partial charge in [0, 0.05) is 11.8 Å². The summed E-state index contributed by atoms with van der Waals surface area (Å²) in [6.45, 7) is 2.57. The molecule has 1 heterocycles. The van der Waals surface area contributed by atoms with Gasteiger partial charge < -0.3 is 4.74 Å². The maximum absolute atomic E-state index is 13.8. The Morgan fingerprint density at radius 2 is 1.26 bits per heavy atom. The monoisotopic (exact) mass is 461 g/mol. The first kappa shape index (κ1) is 21.6. The highest BCUT2D eigenvalue weighted by Gasteiger charge is 2.62. The molecule has 0 radical (unpaired) electrons. The zero-order chi connectivity index (χ0) is 23.9. The summed E-state index contributed by atoms with van der Waals surface area (Å²) in [4.78, 5) is 29.1. The van der Waals surface area contributed by atoms with Crippen molar-refractivity contribution in [3.63, 3.8) is 0 Å². The molecule has 1 saturated carbocycles. The second-order valence-electron chi connectivity index (χ2n) is 9.38. The minimum absolute atomic E-state index is 0.0921. The van der Waals surface area contributed by atoms with Crippen molar-refractivity contribution in [1.29, 1.82) is 0 Å². The number of rotatable bonds is 6. The number of carbonyl (C=O) groups excluding carboxylic acids is 2. The van der Waals surface area contributed by atoms with E-state index in [0.717, 1.165) is 23.1 Å². The third-order valence-electron chi connectivity index (χ3n) is 7.40. The van der Waals surface area contributed by atoms with Crippen LogP contribution in [0.25, 0.3) is 5.57 Å². The third kappa shape index (κ3) is 3.35. The fourth-order valence-electron chi connectivity index (χ4n) is 6.02. The van der Waals surface area contributed by atoms with Gasteiger partial charge in [-0.3, -0.25) is 9.59 Å². The van der Waals surface area contributed by atoms with E-state index in [2.05, 4.69) is 36.4 Å². The number of carbonyl (C=O) groups is 2. The van der Waals surface area contributed by atoms with Crippen LogP contribution >= 0.6 is 0 Å². The minimum Gasteiger partial charge on any atom is -0.491 e. The van der Waals surface area contributed by atoms with Gasteiger partial charge in [-0.25, -0.2) is 4.90 Å². The van der Waals surface area contributed by atoms with Crippen LogP contribution in [-0.2, 0) is 9.59 Å². The number of nitrogens with zero attached hydrogens (tertiary/aromatic N) is 1. The van der Waals surface area contributed by atoms with Crippen LogP contribution in [0.4, 0.5) is 5.69 Å². The van der Waals surface area contributed by atoms with E-state index in [1.54, 1.807) is 0 Å². The van der Waals surface area contributed by atoms with Crippen molar-refractivity contribution < 1.29 is 14.3 Å². The number of ether oxygens (including phenoxy) is 1. The molecule has 3 aromatic rings. The summed E-state index contributed by atoms with van der Waals surface area (Å²) in [5, 5.41) is 0. The Labute approximate surface area is 205 Å². The molecule has 0 unspecified atom stereocenters. The van der Waals surface area contributed by atoms with E-state index in [1.807, 2.05) is 67.6 Å². The second-order valence-corrected chi connectivity index (χ2v) is 9.38. The van der Waals surface area contributed by atoms with Gasteiger partial charge in [-0.05, 0) is 40.8 Å². The van der Waals surface area contributed by atoms with Crippen LogP contribution in [0.5, 0.6) is 5.75 Å². The normalized spacial score (nSPS) is 24.3. The largest absolute Gasteiger partial charge is 0.491 e. The molecule has 4 atom stereocenters. The van der Waals surface area contributed by atoms with E-state index >= 15 is 0 Å². The number of anilines is 1. The third-order valence-corrected chi connectivity index (χ3v) is 7.40. The van der Waals surface area contributed by atoms with Crippen LogP contribution in [0.1, 0.15) is 24.5 Å². The Balaban J connectivity index is 1.44. The van der Waals surface area contributed by atoms with Gasteiger partial charge in [0.2, 0.25) is 11.8 Å². The van der Waals surface area contributed by atoms with E-state index < -0.39 is 0 Å². The average molecular weight is 462 g/mol. The number of para-hydroxylation sites is 2. The molecule has 3 aliphatic rings. The summed E-state index contributed by atoms with van der Waals surface area (Å²) in [5.74, 6) is -0.606. The van der Waals surface area contributed by atoms with Crippen LogP contribution in [-0.4, -0.2) is 18.4 Å². The molecule has 35 heavy (non-hydrogen) atoms. The quantitative estimate of drug-likeness (QED) is 0.339. The van der Waals surface area contributed by atoms with Crippen LogP contribution in [0.3, 0.4) is 0 Å². The van der Waals surface area contributed by atoms with Gasteiger partial charge in [0.15, 0.2) is 0 Å². The summed E-state index contributed by atoms with van der Waals surface area (Å²) in [7, 11) is 0. The fraction of sp³-hybridized carbons (Fsp3) is 0.226. The predicted octanol–water partition coefficient (Wildman–Crippen LogP) is 5.90. The maximum atomic E-state index is 13.8. The lowest BCUT2D eigenvalue weighted by molar-refractivity contribution is -0.123. The number of hydrogen-bond acceptors (Lipinski definition) is 3. The second kappa shape index (κ2) is 8.70. The van der Waals surface area contributed by atoms with Crippen LogP contribution in [0.2, 0.25) is 0 Å². The maximum Gasteiger partial charge on any atom is 0.238 e. The molecular weight excluding hydrogens is 434 g/mol. The molecule has 0 N–H and O–H groups in total. The highest BCUT2D eigenvalue weighted by molar-refractivity contribution is 6.24. The van der Waals surface area contributed by atoms with Gasteiger partial charge in [0.05, 0.1) is 24.1 Å². The molecular formula is C31H27NO3. The first-order valence-corrected chi connectivity index (χ1v) is 12.3. The van der Waals surface area contributed by atoms with Crippen LogP contribution in [0.15, 0.2) is 103 Å². The smallest absolute Gasteiger partial charge is 0.238 e. The lowest BCUT2D eigenvalue weighted by Crippen LogP contribution is -2.33. The van der Waals surface area contributed by atoms with E-state index in [9.17, 15) is 9.59 Å². The van der Waals surface area contributed by atoms with Crippen molar-refractivity contribution in [2.75, 3.05) is 11.5 Å². The van der Waals surface area contributed by atoms with Crippen molar-refractivity contribution in [1.82, 2.24) is 0 Å². The SMILES string of the molecule is CCCOc1ccccc1N1C(=O)[C@@H]2[C@H](C1=O)[C@H]1C=C[C@H]2C1=C(c1ccccc1)c1ccccc1. The highest BCUT2D eigenvalue weighted by atomic mass is 16.5. The molecule has 174 valence electrons. The molecule has 6 rings (SSSR count). The van der Waals surface area contributed by atoms with E-state index in [4.69, 9.17) is 4.74 Å². The lowest BCUT2D eigenvalue weighted by atomic mass is 9.85. The molecule has 2 fully saturated rings. The van der Waals surface area contributed by atoms with E-state index in [-0.39, 0.29) is 35.5 Å². The highest BCUT2D eigenvalue weighted by Crippen LogP contribution is 2.59. The number of imide groups is 1. The van der Waals surface area contributed by atoms with Crippen molar-refractivity contribution in [2.45, 2.75) is 13.3 Å². The van der Waals surface area contributed by atoms with E-state index in [1.165, 1.54) is 10.5 Å². The van der Waals surface area contributed by atoms with Gasteiger partial charge in [-0.2, -0.15) is 0 Å². The van der Waals surface area contributed by atoms with Crippen molar-refractivity contribution >= 4 is 23.1 Å². The number of hydrogen-bond donors (Lipinski definition) is 0. The van der Waals surface area contributed by atoms with Gasteiger partial charge >= 0.3 is 0 Å². The van der Waals surface area contributed by atoms with Crippen LogP contribution in [0, 0.1) is 23.7 Å². The van der Waals surface area contributed by atoms with Gasteiger partial charge in [0.1, 0.15) is 5.75 Å². The molecule has 4 nitrogen and oxygen atoms in total. The average Bonchev–Trinajstić information content (AvgIpc) is 3.53. The standard InChI is InChI=1S/C31H27NO3/c1-2-19-35-25-16-10-9-15-24(25)32-30(33)28-22-17-18-23(29(28)31(32)34)27(22)26(20-11-5-3-6-12-20)21-13-7-4-8-14-21/h3-18,22-23,28-29H,2,19H2,1H3/t22-,23-,28-,29+/m0/s1. The van der Waals surface area contributed by atoms with Gasteiger partial charge in [0.25, 0.3) is 0 Å². The fourth-order valence-corrected chi connectivity index (χ4v) is 6.02. The first-order valence-electron chi connectivity index (χ1n) is 12.3. The van der Waals surface area contributed by atoms with Gasteiger partial charge in [-0.1, -0.05) is 91.9 Å². The first-order chi connectivity index (χ1) is 17.2. The molecule has 2 amide bonds. The molecule has 0 spiro atoms. The Kier molecular flexibility index (Phi) is 5.37. The summed E-state index contributed by atoms with van der Waals surface area (Å²) in [5.41, 5.74) is 5.11. The number of amides is 2. The van der Waals surface area contributed by atoms with Crippen molar-refractivity contribution in [3.8, 4) is 5.75 Å². The van der Waals surface area contributed by atoms with Crippen LogP contribution < -0.4 is 9.64 Å². The van der Waals surface area contributed by atoms with E-state index in [0.29, 0.717) is 18.0 Å². The Hall–Kier alpha value is -3.92. The molecule has 3 aromatic carbocycles. The molecule has 0 aromatic heterocycles. The zero-order valence-electron chi connectivity index (χ0n) is 19.6. The summed E-state index contributed by atoms with van der Waals surface area (Å²) in [6.07, 6.45) is 5.13. The summed E-state index contributed by atoms with van der Waals surface area (Å²) < 4.78 is 5.89. The molecule has 2 bridgehead atoms. The molecule has 4 heteroatoms. The lowest BCUT2D eigenvalue weighted by Gasteiger charge is -2.23. The Morgan fingerprint density at radius 3 is 1.80 bits per heavy atom. The summed E-state index contributed by atoms with van der Waals surface area (Å²) in [6, 6.07) is 28.0. The predicted molar refractivity (Wildman–Crippen MR) is 137 cm³/mol. The number of fused-ring (bicyclic) bond motifs is 5. The topological polar surface area (TPSA) is 46.6 Å². The Morgan fingerprint density at radius 1 is 0.743 bits per heavy atom. The van der Waals surface area contributed by atoms with Gasteiger partial charge in [-0.15, -0.1) is 0 Å².